The molecule has 1 N–H and O–H groups in total. The number of nitrogens with one attached hydrogen (secondary N) is 1. The van der Waals surface area contributed by atoms with Crippen LogP contribution in [0.1, 0.15) is 5.56 Å². The van der Waals surface area contributed by atoms with Gasteiger partial charge in [0.05, 0.1) is 4.90 Å². The smallest absolute Gasteiger partial charge is 0.248 e. The Bertz CT molecular complexity index is 1340. The summed E-state index contributed by atoms with van der Waals surface area (Å²) in [5, 5.41) is 0.750. The summed E-state index contributed by atoms with van der Waals surface area (Å²) in [6.07, 6.45) is 2.74. The molecule has 0 spiro atoms. The Morgan fingerprint density at radius 3 is 2.43 bits per heavy atom. The first-order valence-corrected chi connectivity index (χ1v) is 10.5. The number of H-pyrrole nitrogens is 1. The van der Waals surface area contributed by atoms with E-state index in [-0.39, 0.29) is 16.3 Å². The molecule has 0 aliphatic rings. The molecule has 0 aliphatic carbocycles. The summed E-state index contributed by atoms with van der Waals surface area (Å²) in [6.45, 7) is 0.449. The van der Waals surface area contributed by atoms with Gasteiger partial charge in [-0.1, -0.05) is 12.1 Å². The van der Waals surface area contributed by atoms with E-state index in [1.54, 1.807) is 42.6 Å². The fraction of sp³-hybridized carbons (Fsp3) is 0.0952. The van der Waals surface area contributed by atoms with E-state index < -0.39 is 9.84 Å². The maximum Gasteiger partial charge on any atom is 0.248 e. The van der Waals surface area contributed by atoms with Crippen molar-refractivity contribution in [3.8, 4) is 11.3 Å². The standard InChI is InChI=1S/C21H17FN2O3S/c1-28(26,27)18-6-7-19-16(10-18)11-20(15-8-9-23-21(25)12-15)24(19)13-14-2-4-17(22)5-3-14/h2-12H,13H2,1H3,(H,23,25). The quantitative estimate of drug-likeness (QED) is 0.573. The molecule has 2 aromatic heterocycles. The molecule has 0 amide bonds. The van der Waals surface area contributed by atoms with Crippen LogP contribution in [0.2, 0.25) is 0 Å². The van der Waals surface area contributed by atoms with Crippen LogP contribution in [0.15, 0.2) is 76.6 Å². The number of rotatable bonds is 4. The first kappa shape index (κ1) is 18.2. The van der Waals surface area contributed by atoms with Gasteiger partial charge in [0.2, 0.25) is 5.56 Å². The van der Waals surface area contributed by atoms with Crippen LogP contribution < -0.4 is 5.56 Å². The predicted molar refractivity (Wildman–Crippen MR) is 107 cm³/mol. The van der Waals surface area contributed by atoms with E-state index in [0.717, 1.165) is 22.2 Å². The molecule has 0 aliphatic heterocycles. The van der Waals surface area contributed by atoms with Crippen molar-refractivity contribution in [3.63, 3.8) is 0 Å². The molecule has 142 valence electrons. The number of hydrogen-bond donors (Lipinski definition) is 1. The molecule has 0 fully saturated rings. The minimum absolute atomic E-state index is 0.229. The van der Waals surface area contributed by atoms with Crippen molar-refractivity contribution in [2.24, 2.45) is 0 Å². The summed E-state index contributed by atoms with van der Waals surface area (Å²) < 4.78 is 39.1. The fourth-order valence-electron chi connectivity index (χ4n) is 3.27. The Kier molecular flexibility index (Phi) is 4.39. The minimum atomic E-state index is -3.34. The van der Waals surface area contributed by atoms with Crippen molar-refractivity contribution in [1.82, 2.24) is 9.55 Å². The summed E-state index contributed by atoms with van der Waals surface area (Å²) in [7, 11) is -3.34. The lowest BCUT2D eigenvalue weighted by atomic mass is 10.1. The Morgan fingerprint density at radius 1 is 1.00 bits per heavy atom. The number of nitrogens with zero attached hydrogens (tertiary/aromatic N) is 1. The maximum absolute atomic E-state index is 13.3. The van der Waals surface area contributed by atoms with Crippen molar-refractivity contribution in [3.05, 3.63) is 88.6 Å². The van der Waals surface area contributed by atoms with E-state index in [4.69, 9.17) is 0 Å². The molecule has 2 heterocycles. The van der Waals surface area contributed by atoms with Crippen molar-refractivity contribution < 1.29 is 12.8 Å². The number of halogens is 1. The SMILES string of the molecule is CS(=O)(=O)c1ccc2c(c1)cc(-c1cc[nH]c(=O)c1)n2Cc1ccc(F)cc1. The number of benzene rings is 2. The maximum atomic E-state index is 13.3. The molecule has 0 unspecified atom stereocenters. The Morgan fingerprint density at radius 2 is 1.75 bits per heavy atom. The highest BCUT2D eigenvalue weighted by Crippen LogP contribution is 2.30. The van der Waals surface area contributed by atoms with Crippen LogP contribution in [0.4, 0.5) is 4.39 Å². The first-order chi connectivity index (χ1) is 13.3. The molecule has 5 nitrogen and oxygen atoms in total. The molecule has 0 radical (unpaired) electrons. The second-order valence-corrected chi connectivity index (χ2v) is 8.69. The van der Waals surface area contributed by atoms with Crippen LogP contribution >= 0.6 is 0 Å². The number of sulfone groups is 1. The van der Waals surface area contributed by atoms with E-state index in [9.17, 15) is 17.6 Å². The molecule has 7 heteroatoms. The van der Waals surface area contributed by atoms with Crippen LogP contribution in [0.5, 0.6) is 0 Å². The summed E-state index contributed by atoms with van der Waals surface area (Å²) in [5.74, 6) is -0.311. The number of fused-ring (bicyclic) bond motifs is 1. The Labute approximate surface area is 161 Å². The van der Waals surface area contributed by atoms with E-state index in [1.807, 2.05) is 10.6 Å². The number of pyridine rings is 1. The molecule has 4 rings (SSSR count). The molecule has 0 atom stereocenters. The monoisotopic (exact) mass is 396 g/mol. The van der Waals surface area contributed by atoms with Gasteiger partial charge in [-0.2, -0.15) is 0 Å². The van der Waals surface area contributed by atoms with Gasteiger partial charge in [0.1, 0.15) is 5.82 Å². The molecular weight excluding hydrogens is 379 g/mol. The summed E-state index contributed by atoms with van der Waals surface area (Å²) in [4.78, 5) is 14.6. The molecule has 0 saturated carbocycles. The van der Waals surface area contributed by atoms with Crippen molar-refractivity contribution in [2.75, 3.05) is 6.26 Å². The molecule has 0 saturated heterocycles. The first-order valence-electron chi connectivity index (χ1n) is 8.58. The van der Waals surface area contributed by atoms with Crippen molar-refractivity contribution >= 4 is 20.7 Å². The van der Waals surface area contributed by atoms with Crippen LogP contribution in [0.25, 0.3) is 22.2 Å². The van der Waals surface area contributed by atoms with E-state index >= 15 is 0 Å². The third-order valence-corrected chi connectivity index (χ3v) is 5.74. The third-order valence-electron chi connectivity index (χ3n) is 4.63. The van der Waals surface area contributed by atoms with Gasteiger partial charge in [0.25, 0.3) is 0 Å². The van der Waals surface area contributed by atoms with E-state index in [2.05, 4.69) is 4.98 Å². The molecule has 2 aromatic carbocycles. The van der Waals surface area contributed by atoms with E-state index in [1.165, 1.54) is 24.5 Å². The molecule has 0 bridgehead atoms. The van der Waals surface area contributed by atoms with Gasteiger partial charge >= 0.3 is 0 Å². The fourth-order valence-corrected chi connectivity index (χ4v) is 3.92. The van der Waals surface area contributed by atoms with Gasteiger partial charge in [-0.15, -0.1) is 0 Å². The summed E-state index contributed by atoms with van der Waals surface area (Å²) >= 11 is 0. The van der Waals surface area contributed by atoms with Crippen molar-refractivity contribution in [1.29, 1.82) is 0 Å². The zero-order chi connectivity index (χ0) is 19.9. The lowest BCUT2D eigenvalue weighted by Crippen LogP contribution is -2.06. The van der Waals surface area contributed by atoms with Gasteiger partial charge in [-0.05, 0) is 48.0 Å². The molecule has 28 heavy (non-hydrogen) atoms. The summed E-state index contributed by atoms with van der Waals surface area (Å²) in [5.41, 5.74) is 2.97. The topological polar surface area (TPSA) is 71.9 Å². The summed E-state index contributed by atoms with van der Waals surface area (Å²) in [6, 6.07) is 16.3. The highest BCUT2D eigenvalue weighted by atomic mass is 32.2. The van der Waals surface area contributed by atoms with Crippen LogP contribution in [0.3, 0.4) is 0 Å². The third kappa shape index (κ3) is 3.48. The van der Waals surface area contributed by atoms with Gasteiger partial charge in [-0.3, -0.25) is 4.79 Å². The second-order valence-electron chi connectivity index (χ2n) is 6.68. The van der Waals surface area contributed by atoms with Crippen LogP contribution in [-0.4, -0.2) is 24.2 Å². The average Bonchev–Trinajstić information content (AvgIpc) is 3.01. The van der Waals surface area contributed by atoms with Gasteiger partial charge in [-0.25, -0.2) is 12.8 Å². The van der Waals surface area contributed by atoms with Gasteiger partial charge < -0.3 is 9.55 Å². The van der Waals surface area contributed by atoms with E-state index in [0.29, 0.717) is 12.1 Å². The molecule has 4 aromatic rings. The number of hydrogen-bond acceptors (Lipinski definition) is 3. The zero-order valence-electron chi connectivity index (χ0n) is 15.0. The number of aromatic nitrogens is 2. The largest absolute Gasteiger partial charge is 0.336 e. The minimum Gasteiger partial charge on any atom is -0.336 e. The average molecular weight is 396 g/mol. The predicted octanol–water partition coefficient (Wildman–Crippen LogP) is 3.59. The lowest BCUT2D eigenvalue weighted by Gasteiger charge is -2.11. The van der Waals surface area contributed by atoms with Gasteiger partial charge in [0.15, 0.2) is 9.84 Å². The van der Waals surface area contributed by atoms with Crippen LogP contribution in [-0.2, 0) is 16.4 Å². The number of aromatic amines is 1. The second kappa shape index (κ2) is 6.76. The zero-order valence-corrected chi connectivity index (χ0v) is 15.8. The van der Waals surface area contributed by atoms with Crippen molar-refractivity contribution in [2.45, 2.75) is 11.4 Å². The van der Waals surface area contributed by atoms with Crippen LogP contribution in [0, 0.1) is 5.82 Å². The Balaban J connectivity index is 1.94. The Hall–Kier alpha value is -3.19. The highest BCUT2D eigenvalue weighted by molar-refractivity contribution is 7.90. The highest BCUT2D eigenvalue weighted by Gasteiger charge is 2.15. The molecular formula is C21H17FN2O3S. The normalized spacial score (nSPS) is 11.8. The lowest BCUT2D eigenvalue weighted by molar-refractivity contribution is 0.602. The van der Waals surface area contributed by atoms with Gasteiger partial charge in [0, 0.05) is 47.2 Å².